The number of nitrogens with zero attached hydrogens (tertiary/aromatic N) is 1. The third-order valence-corrected chi connectivity index (χ3v) is 7.19. The Kier molecular flexibility index (Phi) is 8.66. The fourth-order valence-electron chi connectivity index (χ4n) is 3.29. The molecular formula is C24H22Cl3N3O4S. The molecule has 2 amide bonds. The summed E-state index contributed by atoms with van der Waals surface area (Å²) < 4.78 is 25.7. The molecule has 0 aliphatic heterocycles. The molecule has 1 atom stereocenters. The molecule has 0 bridgehead atoms. The molecule has 0 aliphatic rings. The summed E-state index contributed by atoms with van der Waals surface area (Å²) in [5.41, 5.74) is 1.37. The number of hydrogen-bond donors (Lipinski definition) is 2. The van der Waals surface area contributed by atoms with Crippen LogP contribution in [0.1, 0.15) is 28.9 Å². The summed E-state index contributed by atoms with van der Waals surface area (Å²) in [6.45, 7) is 1.24. The lowest BCUT2D eigenvalue weighted by Gasteiger charge is -2.23. The summed E-state index contributed by atoms with van der Waals surface area (Å²) in [5, 5.41) is 5.74. The number of nitrogens with one attached hydrogen (secondary N) is 2. The predicted molar refractivity (Wildman–Crippen MR) is 141 cm³/mol. The molecule has 0 aliphatic carbocycles. The average Bonchev–Trinajstić information content (AvgIpc) is 2.80. The van der Waals surface area contributed by atoms with E-state index < -0.39 is 28.4 Å². The zero-order valence-corrected chi connectivity index (χ0v) is 21.8. The van der Waals surface area contributed by atoms with Gasteiger partial charge in [-0.15, -0.1) is 0 Å². The van der Waals surface area contributed by atoms with E-state index in [0.717, 1.165) is 16.1 Å². The van der Waals surface area contributed by atoms with Gasteiger partial charge in [0, 0.05) is 0 Å². The second kappa shape index (κ2) is 11.3. The Labute approximate surface area is 219 Å². The smallest absolute Gasteiger partial charge is 0.253 e. The average molecular weight is 555 g/mol. The molecule has 0 unspecified atom stereocenters. The van der Waals surface area contributed by atoms with Crippen LogP contribution in [0.15, 0.2) is 66.7 Å². The van der Waals surface area contributed by atoms with E-state index in [4.69, 9.17) is 34.8 Å². The second-order valence-electron chi connectivity index (χ2n) is 7.69. The van der Waals surface area contributed by atoms with E-state index in [9.17, 15) is 18.0 Å². The molecule has 0 saturated heterocycles. The number of halogens is 3. The maximum Gasteiger partial charge on any atom is 0.253 e. The minimum Gasteiger partial charge on any atom is -0.345 e. The van der Waals surface area contributed by atoms with Crippen LogP contribution in [0.2, 0.25) is 15.1 Å². The Bertz CT molecular complexity index is 1350. The molecule has 0 radical (unpaired) electrons. The quantitative estimate of drug-likeness (QED) is 0.357. The fourth-order valence-corrected chi connectivity index (χ4v) is 4.85. The van der Waals surface area contributed by atoms with E-state index in [2.05, 4.69) is 10.6 Å². The lowest BCUT2D eigenvalue weighted by Crippen LogP contribution is -2.38. The zero-order chi connectivity index (χ0) is 25.8. The standard InChI is InChI=1S/C24H22Cl3N3O4S/c1-15(16-8-4-3-5-9-16)28-24(32)17-10-6-7-11-21(17)29-23(31)14-30(35(2,33)34)22-13-19(26)18(25)12-20(22)27/h3-13,15H,14H2,1-2H3,(H,28,32)(H,29,31)/t15-/m1/s1. The van der Waals surface area contributed by atoms with Crippen molar-refractivity contribution < 1.29 is 18.0 Å². The largest absolute Gasteiger partial charge is 0.345 e. The first kappa shape index (κ1) is 26.8. The van der Waals surface area contributed by atoms with Crippen LogP contribution in [0.5, 0.6) is 0 Å². The van der Waals surface area contributed by atoms with Gasteiger partial charge in [-0.2, -0.15) is 0 Å². The topological polar surface area (TPSA) is 95.6 Å². The van der Waals surface area contributed by atoms with Crippen molar-refractivity contribution in [1.82, 2.24) is 5.32 Å². The summed E-state index contributed by atoms with van der Waals surface area (Å²) in [6.07, 6.45) is 0.936. The lowest BCUT2D eigenvalue weighted by atomic mass is 10.1. The van der Waals surface area contributed by atoms with Gasteiger partial charge < -0.3 is 10.6 Å². The maximum absolute atomic E-state index is 12.9. The number of amides is 2. The molecule has 0 saturated carbocycles. The molecular weight excluding hydrogens is 533 g/mol. The normalized spacial score (nSPS) is 12.0. The summed E-state index contributed by atoms with van der Waals surface area (Å²) in [6, 6.07) is 18.1. The van der Waals surface area contributed by atoms with Crippen LogP contribution in [0, 0.1) is 0 Å². The first-order chi connectivity index (χ1) is 16.5. The minimum absolute atomic E-state index is 0.00132. The van der Waals surface area contributed by atoms with Gasteiger partial charge in [-0.1, -0.05) is 77.3 Å². The molecule has 7 nitrogen and oxygen atoms in total. The van der Waals surface area contributed by atoms with Crippen LogP contribution >= 0.6 is 34.8 Å². The first-order valence-corrected chi connectivity index (χ1v) is 13.3. The highest BCUT2D eigenvalue weighted by Crippen LogP contribution is 2.35. The zero-order valence-electron chi connectivity index (χ0n) is 18.8. The molecule has 3 aromatic carbocycles. The van der Waals surface area contributed by atoms with E-state index in [1.807, 2.05) is 37.3 Å². The molecule has 3 aromatic rings. The van der Waals surface area contributed by atoms with Crippen molar-refractivity contribution in [1.29, 1.82) is 0 Å². The van der Waals surface area contributed by atoms with E-state index in [0.29, 0.717) is 0 Å². The van der Waals surface area contributed by atoms with Gasteiger partial charge in [0.2, 0.25) is 15.9 Å². The Morgan fingerprint density at radius 2 is 1.51 bits per heavy atom. The molecule has 184 valence electrons. The summed E-state index contributed by atoms with van der Waals surface area (Å²) in [7, 11) is -3.92. The number of benzene rings is 3. The van der Waals surface area contributed by atoms with E-state index in [1.165, 1.54) is 12.1 Å². The Balaban J connectivity index is 1.81. The first-order valence-electron chi connectivity index (χ1n) is 10.3. The monoisotopic (exact) mass is 553 g/mol. The number of hydrogen-bond acceptors (Lipinski definition) is 4. The second-order valence-corrected chi connectivity index (χ2v) is 10.8. The van der Waals surface area contributed by atoms with E-state index >= 15 is 0 Å². The van der Waals surface area contributed by atoms with Gasteiger partial charge in [0.05, 0.1) is 44.3 Å². The van der Waals surface area contributed by atoms with Crippen molar-refractivity contribution in [2.45, 2.75) is 13.0 Å². The van der Waals surface area contributed by atoms with Gasteiger partial charge >= 0.3 is 0 Å². The lowest BCUT2D eigenvalue weighted by molar-refractivity contribution is -0.114. The van der Waals surface area contributed by atoms with Crippen molar-refractivity contribution in [2.75, 3.05) is 22.4 Å². The number of carbonyl (C=O) groups excluding carboxylic acids is 2. The van der Waals surface area contributed by atoms with Gasteiger partial charge in [-0.3, -0.25) is 13.9 Å². The minimum atomic E-state index is -3.92. The molecule has 11 heteroatoms. The van der Waals surface area contributed by atoms with E-state index in [-0.39, 0.29) is 38.0 Å². The Hall–Kier alpha value is -2.78. The fraction of sp³-hybridized carbons (Fsp3) is 0.167. The molecule has 0 heterocycles. The van der Waals surface area contributed by atoms with Crippen LogP contribution in [0.4, 0.5) is 11.4 Å². The molecule has 35 heavy (non-hydrogen) atoms. The SMILES string of the molecule is C[C@@H](NC(=O)c1ccccc1NC(=O)CN(c1cc(Cl)c(Cl)cc1Cl)S(C)(=O)=O)c1ccccc1. The predicted octanol–water partition coefficient (Wildman–Crippen LogP) is 5.54. The van der Waals surface area contributed by atoms with Gasteiger partial charge in [0.1, 0.15) is 6.54 Å². The summed E-state index contributed by atoms with van der Waals surface area (Å²) >= 11 is 18.1. The summed E-state index contributed by atoms with van der Waals surface area (Å²) in [5.74, 6) is -1.08. The number of para-hydroxylation sites is 1. The number of sulfonamides is 1. The Morgan fingerprint density at radius 3 is 2.17 bits per heavy atom. The maximum atomic E-state index is 12.9. The molecule has 0 spiro atoms. The van der Waals surface area contributed by atoms with E-state index in [1.54, 1.807) is 24.3 Å². The molecule has 0 aromatic heterocycles. The van der Waals surface area contributed by atoms with Crippen LogP contribution in [0.3, 0.4) is 0 Å². The van der Waals surface area contributed by atoms with Crippen LogP contribution in [0.25, 0.3) is 0 Å². The van der Waals surface area contributed by atoms with Crippen molar-refractivity contribution in [2.24, 2.45) is 0 Å². The van der Waals surface area contributed by atoms with Crippen LogP contribution in [-0.2, 0) is 14.8 Å². The van der Waals surface area contributed by atoms with Crippen LogP contribution in [-0.4, -0.2) is 33.0 Å². The van der Waals surface area contributed by atoms with Crippen molar-refractivity contribution in [3.05, 3.63) is 92.9 Å². The van der Waals surface area contributed by atoms with Gasteiger partial charge in [0.25, 0.3) is 5.91 Å². The number of anilines is 2. The third kappa shape index (κ3) is 6.89. The number of carbonyl (C=O) groups is 2. The summed E-state index contributed by atoms with van der Waals surface area (Å²) in [4.78, 5) is 25.8. The highest BCUT2D eigenvalue weighted by atomic mass is 35.5. The highest BCUT2D eigenvalue weighted by Gasteiger charge is 2.25. The highest BCUT2D eigenvalue weighted by molar-refractivity contribution is 7.92. The van der Waals surface area contributed by atoms with Crippen LogP contribution < -0.4 is 14.9 Å². The van der Waals surface area contributed by atoms with Crippen molar-refractivity contribution in [3.63, 3.8) is 0 Å². The number of rotatable bonds is 8. The Morgan fingerprint density at radius 1 is 0.914 bits per heavy atom. The van der Waals surface area contributed by atoms with Gasteiger partial charge in [-0.05, 0) is 36.8 Å². The third-order valence-electron chi connectivity index (χ3n) is 5.04. The molecule has 0 fully saturated rings. The van der Waals surface area contributed by atoms with Gasteiger partial charge in [-0.25, -0.2) is 8.42 Å². The molecule has 3 rings (SSSR count). The van der Waals surface area contributed by atoms with Crippen molar-refractivity contribution >= 4 is 68.0 Å². The van der Waals surface area contributed by atoms with Gasteiger partial charge in [0.15, 0.2) is 0 Å². The molecule has 2 N–H and O–H groups in total. The van der Waals surface area contributed by atoms with Crippen molar-refractivity contribution in [3.8, 4) is 0 Å².